The van der Waals surface area contributed by atoms with Crippen LogP contribution in [0.4, 0.5) is 0 Å². The standard InChI is InChI=1S/C15H21N3OS/c1-11-8-17(4-6-19-10-11)9-13-14(12-2-3-12)16-15-18(13)5-7-20-15/h5,7,11-12H,2-4,6,8-10H2,1H3. The lowest BCUT2D eigenvalue weighted by molar-refractivity contribution is 0.125. The largest absolute Gasteiger partial charge is 0.380 e. The Labute approximate surface area is 123 Å². The van der Waals surface area contributed by atoms with Gasteiger partial charge < -0.3 is 4.74 Å². The summed E-state index contributed by atoms with van der Waals surface area (Å²) in [5, 5.41) is 2.14. The molecule has 20 heavy (non-hydrogen) atoms. The predicted octanol–water partition coefficient (Wildman–Crippen LogP) is 2.74. The van der Waals surface area contributed by atoms with Crippen molar-refractivity contribution in [1.82, 2.24) is 14.3 Å². The summed E-state index contributed by atoms with van der Waals surface area (Å²) in [5.41, 5.74) is 2.77. The van der Waals surface area contributed by atoms with Gasteiger partial charge >= 0.3 is 0 Å². The Morgan fingerprint density at radius 2 is 2.35 bits per heavy atom. The van der Waals surface area contributed by atoms with Gasteiger partial charge in [0.05, 0.1) is 24.6 Å². The van der Waals surface area contributed by atoms with Crippen LogP contribution in [0, 0.1) is 5.92 Å². The quantitative estimate of drug-likeness (QED) is 0.871. The first-order valence-corrected chi connectivity index (χ1v) is 8.43. The van der Waals surface area contributed by atoms with E-state index in [-0.39, 0.29) is 0 Å². The van der Waals surface area contributed by atoms with E-state index < -0.39 is 0 Å². The Morgan fingerprint density at radius 3 is 3.20 bits per heavy atom. The van der Waals surface area contributed by atoms with Crippen molar-refractivity contribution >= 4 is 16.3 Å². The fraction of sp³-hybridized carbons (Fsp3) is 0.667. The second kappa shape index (κ2) is 5.13. The number of hydrogen-bond acceptors (Lipinski definition) is 4. The average Bonchev–Trinajstić information content (AvgIpc) is 3.12. The lowest BCUT2D eigenvalue weighted by Gasteiger charge is -2.21. The van der Waals surface area contributed by atoms with E-state index in [1.807, 2.05) is 0 Å². The van der Waals surface area contributed by atoms with Crippen LogP contribution in [0.1, 0.15) is 37.1 Å². The lowest BCUT2D eigenvalue weighted by atomic mass is 10.1. The van der Waals surface area contributed by atoms with Crippen molar-refractivity contribution in [2.75, 3.05) is 26.3 Å². The third-order valence-corrected chi connectivity index (χ3v) is 5.01. The molecule has 2 aromatic heterocycles. The number of hydrogen-bond donors (Lipinski definition) is 0. The monoisotopic (exact) mass is 291 g/mol. The van der Waals surface area contributed by atoms with Crippen LogP contribution in [0.5, 0.6) is 0 Å². The summed E-state index contributed by atoms with van der Waals surface area (Å²) in [6.45, 7) is 7.20. The number of rotatable bonds is 3. The summed E-state index contributed by atoms with van der Waals surface area (Å²) in [4.78, 5) is 8.55. The summed E-state index contributed by atoms with van der Waals surface area (Å²) >= 11 is 1.74. The van der Waals surface area contributed by atoms with Crippen LogP contribution in [-0.2, 0) is 11.3 Å². The van der Waals surface area contributed by atoms with Crippen molar-refractivity contribution in [3.63, 3.8) is 0 Å². The van der Waals surface area contributed by atoms with Gasteiger partial charge in [-0.2, -0.15) is 0 Å². The van der Waals surface area contributed by atoms with Crippen molar-refractivity contribution in [2.24, 2.45) is 5.92 Å². The van der Waals surface area contributed by atoms with Crippen LogP contribution in [0.2, 0.25) is 0 Å². The van der Waals surface area contributed by atoms with E-state index in [1.165, 1.54) is 24.2 Å². The van der Waals surface area contributed by atoms with E-state index in [1.54, 1.807) is 11.3 Å². The highest BCUT2D eigenvalue weighted by Crippen LogP contribution is 2.42. The third kappa shape index (κ3) is 2.38. The molecular weight excluding hydrogens is 270 g/mol. The van der Waals surface area contributed by atoms with Gasteiger partial charge in [-0.15, -0.1) is 11.3 Å². The van der Waals surface area contributed by atoms with Gasteiger partial charge in [0.25, 0.3) is 0 Å². The Kier molecular flexibility index (Phi) is 3.28. The number of imidazole rings is 1. The molecule has 3 heterocycles. The highest BCUT2D eigenvalue weighted by atomic mass is 32.1. The Hall–Kier alpha value is -0.910. The van der Waals surface area contributed by atoms with Crippen molar-refractivity contribution < 1.29 is 4.74 Å². The maximum absolute atomic E-state index is 5.66. The normalized spacial score (nSPS) is 25.1. The van der Waals surface area contributed by atoms with Gasteiger partial charge in [-0.05, 0) is 18.8 Å². The minimum Gasteiger partial charge on any atom is -0.380 e. The van der Waals surface area contributed by atoms with Gasteiger partial charge in [0.15, 0.2) is 4.96 Å². The van der Waals surface area contributed by atoms with Crippen molar-refractivity contribution in [3.8, 4) is 0 Å². The van der Waals surface area contributed by atoms with E-state index in [4.69, 9.17) is 9.72 Å². The minimum atomic E-state index is 0.618. The lowest BCUT2D eigenvalue weighted by Crippen LogP contribution is -2.29. The first-order chi connectivity index (χ1) is 9.81. The highest BCUT2D eigenvalue weighted by Gasteiger charge is 2.31. The maximum atomic E-state index is 5.66. The molecule has 0 bridgehead atoms. The second-order valence-corrected chi connectivity index (χ2v) is 7.06. The first kappa shape index (κ1) is 12.8. The number of nitrogens with zero attached hydrogens (tertiary/aromatic N) is 3. The van der Waals surface area contributed by atoms with E-state index in [9.17, 15) is 0 Å². The third-order valence-electron chi connectivity index (χ3n) is 4.25. The molecule has 4 nitrogen and oxygen atoms in total. The van der Waals surface area contributed by atoms with Crippen LogP contribution >= 0.6 is 11.3 Å². The molecule has 4 rings (SSSR count). The zero-order chi connectivity index (χ0) is 13.5. The number of aromatic nitrogens is 2. The minimum absolute atomic E-state index is 0.618. The maximum Gasteiger partial charge on any atom is 0.194 e. The van der Waals surface area contributed by atoms with Gasteiger partial charge in [0.2, 0.25) is 0 Å². The van der Waals surface area contributed by atoms with E-state index >= 15 is 0 Å². The van der Waals surface area contributed by atoms with Crippen LogP contribution < -0.4 is 0 Å². The number of fused-ring (bicyclic) bond motifs is 1. The molecule has 1 saturated carbocycles. The smallest absolute Gasteiger partial charge is 0.194 e. The van der Waals surface area contributed by atoms with Crippen LogP contribution in [0.15, 0.2) is 11.6 Å². The molecule has 0 N–H and O–H groups in total. The Bertz CT molecular complexity index is 601. The van der Waals surface area contributed by atoms with Crippen LogP contribution in [-0.4, -0.2) is 40.6 Å². The molecule has 0 aromatic carbocycles. The van der Waals surface area contributed by atoms with Crippen LogP contribution in [0.3, 0.4) is 0 Å². The summed E-state index contributed by atoms with van der Waals surface area (Å²) < 4.78 is 7.96. The number of ether oxygens (including phenoxy) is 1. The second-order valence-electron chi connectivity index (χ2n) is 6.19. The zero-order valence-corrected chi connectivity index (χ0v) is 12.7. The molecule has 108 valence electrons. The summed E-state index contributed by atoms with van der Waals surface area (Å²) in [6, 6.07) is 0. The van der Waals surface area contributed by atoms with Gasteiger partial charge in [-0.25, -0.2) is 4.98 Å². The molecule has 1 saturated heterocycles. The molecule has 0 amide bonds. The molecule has 5 heteroatoms. The number of thiazole rings is 1. The molecule has 1 unspecified atom stereocenters. The summed E-state index contributed by atoms with van der Waals surface area (Å²) in [5.74, 6) is 1.34. The summed E-state index contributed by atoms with van der Waals surface area (Å²) in [7, 11) is 0. The molecule has 1 aliphatic carbocycles. The molecule has 1 aliphatic heterocycles. The molecule has 2 aliphatic rings. The average molecular weight is 291 g/mol. The molecular formula is C15H21N3OS. The van der Waals surface area contributed by atoms with Crippen LogP contribution in [0.25, 0.3) is 4.96 Å². The van der Waals surface area contributed by atoms with E-state index in [2.05, 4.69) is 27.8 Å². The SMILES string of the molecule is CC1COCCN(Cc2c(C3CC3)nc3sccn23)C1. The predicted molar refractivity (Wildman–Crippen MR) is 80.3 cm³/mol. The molecule has 0 spiro atoms. The van der Waals surface area contributed by atoms with Crippen molar-refractivity contribution in [3.05, 3.63) is 23.0 Å². The molecule has 2 fully saturated rings. The van der Waals surface area contributed by atoms with Gasteiger partial charge in [0, 0.05) is 37.1 Å². The molecule has 0 radical (unpaired) electrons. The fourth-order valence-electron chi connectivity index (χ4n) is 3.11. The fourth-order valence-corrected chi connectivity index (χ4v) is 3.85. The Balaban J connectivity index is 1.63. The molecule has 1 atom stereocenters. The van der Waals surface area contributed by atoms with E-state index in [0.717, 1.165) is 43.7 Å². The van der Waals surface area contributed by atoms with Crippen molar-refractivity contribution in [2.45, 2.75) is 32.2 Å². The van der Waals surface area contributed by atoms with Gasteiger partial charge in [-0.3, -0.25) is 9.30 Å². The van der Waals surface area contributed by atoms with Gasteiger partial charge in [0.1, 0.15) is 0 Å². The summed E-state index contributed by atoms with van der Waals surface area (Å²) in [6.07, 6.45) is 4.81. The Morgan fingerprint density at radius 1 is 1.45 bits per heavy atom. The zero-order valence-electron chi connectivity index (χ0n) is 11.9. The van der Waals surface area contributed by atoms with Crippen molar-refractivity contribution in [1.29, 1.82) is 0 Å². The van der Waals surface area contributed by atoms with Gasteiger partial charge in [-0.1, -0.05) is 6.92 Å². The van der Waals surface area contributed by atoms with E-state index in [0.29, 0.717) is 5.92 Å². The first-order valence-electron chi connectivity index (χ1n) is 7.55. The topological polar surface area (TPSA) is 29.8 Å². The highest BCUT2D eigenvalue weighted by molar-refractivity contribution is 7.15. The molecule has 2 aromatic rings.